The molecule has 2 aliphatic heterocycles. The summed E-state index contributed by atoms with van der Waals surface area (Å²) in [7, 11) is 0. The normalized spacial score (nSPS) is 15.6. The van der Waals surface area contributed by atoms with Gasteiger partial charge < -0.3 is 23.5 Å². The van der Waals surface area contributed by atoms with Gasteiger partial charge in [0.05, 0.1) is 50.8 Å². The summed E-state index contributed by atoms with van der Waals surface area (Å²) in [5, 5.41) is 7.88. The molecule has 264 valence electrons. The van der Waals surface area contributed by atoms with E-state index in [0.29, 0.717) is 51.5 Å². The SMILES string of the molecule is CCOC(=O)c1c(CCCOc2cccc3cc(F)ccc23)c2ccc(C)c3c2n1CCCCOCc1nn(CCN2CCOCC2)c(C)c1-3. The average Bonchev–Trinajstić information content (AvgIpc) is 3.59. The number of benzene rings is 3. The van der Waals surface area contributed by atoms with Crippen LogP contribution in [-0.2, 0) is 40.3 Å². The van der Waals surface area contributed by atoms with Gasteiger partial charge in [0.15, 0.2) is 0 Å². The van der Waals surface area contributed by atoms with Crippen molar-refractivity contribution in [3.05, 3.63) is 82.6 Å². The Bertz CT molecular complexity index is 1990. The van der Waals surface area contributed by atoms with E-state index in [2.05, 4.69) is 40.1 Å². The van der Waals surface area contributed by atoms with Crippen molar-refractivity contribution in [2.24, 2.45) is 0 Å². The van der Waals surface area contributed by atoms with Gasteiger partial charge in [-0.1, -0.05) is 24.3 Å². The average molecular weight is 683 g/mol. The molecule has 10 heteroatoms. The van der Waals surface area contributed by atoms with E-state index in [0.717, 1.165) is 113 Å². The van der Waals surface area contributed by atoms with Crippen molar-refractivity contribution < 1.29 is 28.1 Å². The lowest BCUT2D eigenvalue weighted by molar-refractivity contribution is 0.0358. The van der Waals surface area contributed by atoms with Crippen molar-refractivity contribution in [1.29, 1.82) is 0 Å². The number of morpholine rings is 1. The Morgan fingerprint density at radius 1 is 0.940 bits per heavy atom. The summed E-state index contributed by atoms with van der Waals surface area (Å²) in [6.07, 6.45) is 3.05. The van der Waals surface area contributed by atoms with Crippen molar-refractivity contribution in [2.45, 2.75) is 66.2 Å². The molecule has 1 saturated heterocycles. The van der Waals surface area contributed by atoms with Crippen LogP contribution < -0.4 is 4.74 Å². The molecule has 0 atom stereocenters. The van der Waals surface area contributed by atoms with E-state index < -0.39 is 0 Å². The molecule has 4 heterocycles. The van der Waals surface area contributed by atoms with Gasteiger partial charge in [-0.15, -0.1) is 0 Å². The molecule has 0 spiro atoms. The Balaban J connectivity index is 1.28. The molecular formula is C40H47FN4O5. The van der Waals surface area contributed by atoms with Crippen LogP contribution in [0.2, 0.25) is 0 Å². The van der Waals surface area contributed by atoms with E-state index in [9.17, 15) is 9.18 Å². The molecule has 0 radical (unpaired) electrons. The number of fused-ring (bicyclic) bond motifs is 3. The second-order valence-electron chi connectivity index (χ2n) is 13.3. The van der Waals surface area contributed by atoms with E-state index in [4.69, 9.17) is 24.0 Å². The second kappa shape index (κ2) is 15.3. The third-order valence-corrected chi connectivity index (χ3v) is 10.1. The largest absolute Gasteiger partial charge is 0.493 e. The lowest BCUT2D eigenvalue weighted by atomic mass is 9.94. The summed E-state index contributed by atoms with van der Waals surface area (Å²) in [5.41, 5.74) is 8.01. The highest BCUT2D eigenvalue weighted by molar-refractivity contribution is 6.05. The summed E-state index contributed by atoms with van der Waals surface area (Å²) in [5.74, 6) is 0.149. The molecule has 0 N–H and O–H groups in total. The smallest absolute Gasteiger partial charge is 0.355 e. The maximum absolute atomic E-state index is 13.9. The van der Waals surface area contributed by atoms with Crippen LogP contribution in [0.3, 0.4) is 0 Å². The minimum absolute atomic E-state index is 0.270. The summed E-state index contributed by atoms with van der Waals surface area (Å²) >= 11 is 0. The highest BCUT2D eigenvalue weighted by Crippen LogP contribution is 2.41. The lowest BCUT2D eigenvalue weighted by Gasteiger charge is -2.26. The summed E-state index contributed by atoms with van der Waals surface area (Å²) in [4.78, 5) is 16.3. The molecule has 1 fully saturated rings. The first-order chi connectivity index (χ1) is 24.4. The number of halogens is 1. The highest BCUT2D eigenvalue weighted by atomic mass is 19.1. The van der Waals surface area contributed by atoms with Gasteiger partial charge in [-0.05, 0) is 87.2 Å². The lowest BCUT2D eigenvalue weighted by Crippen LogP contribution is -2.38. The number of aryl methyl sites for hydroxylation is 3. The van der Waals surface area contributed by atoms with Gasteiger partial charge in [-0.2, -0.15) is 5.10 Å². The van der Waals surface area contributed by atoms with Gasteiger partial charge in [0, 0.05) is 60.4 Å². The van der Waals surface area contributed by atoms with Gasteiger partial charge in [-0.3, -0.25) is 9.58 Å². The fourth-order valence-electron chi connectivity index (χ4n) is 7.58. The molecule has 0 saturated carbocycles. The summed E-state index contributed by atoms with van der Waals surface area (Å²) in [6, 6.07) is 14.8. The fraction of sp³-hybridized carbons (Fsp3) is 0.450. The zero-order valence-corrected chi connectivity index (χ0v) is 29.4. The van der Waals surface area contributed by atoms with Gasteiger partial charge in [0.2, 0.25) is 0 Å². The molecule has 0 unspecified atom stereocenters. The number of esters is 1. The Kier molecular flexibility index (Phi) is 10.5. The topological polar surface area (TPSA) is 80.0 Å². The van der Waals surface area contributed by atoms with Crippen molar-refractivity contribution in [3.8, 4) is 16.9 Å². The predicted molar refractivity (Wildman–Crippen MR) is 192 cm³/mol. The third kappa shape index (κ3) is 6.89. The van der Waals surface area contributed by atoms with Crippen LogP contribution in [0.5, 0.6) is 5.75 Å². The van der Waals surface area contributed by atoms with Crippen LogP contribution in [0.25, 0.3) is 32.8 Å². The van der Waals surface area contributed by atoms with Crippen molar-refractivity contribution in [1.82, 2.24) is 19.2 Å². The van der Waals surface area contributed by atoms with Crippen LogP contribution in [-0.4, -0.2) is 77.9 Å². The zero-order chi connectivity index (χ0) is 34.6. The Hall–Kier alpha value is -4.25. The number of ether oxygens (including phenoxy) is 4. The maximum Gasteiger partial charge on any atom is 0.355 e. The van der Waals surface area contributed by atoms with Gasteiger partial charge in [0.1, 0.15) is 17.3 Å². The highest BCUT2D eigenvalue weighted by Gasteiger charge is 2.29. The first kappa shape index (κ1) is 34.2. The number of aromatic nitrogens is 3. The number of hydrogen-bond acceptors (Lipinski definition) is 7. The van der Waals surface area contributed by atoms with Crippen LogP contribution in [0.4, 0.5) is 4.39 Å². The predicted octanol–water partition coefficient (Wildman–Crippen LogP) is 7.24. The molecule has 0 amide bonds. The van der Waals surface area contributed by atoms with E-state index in [1.54, 1.807) is 6.07 Å². The number of carbonyl (C=O) groups excluding carboxylic acids is 1. The molecule has 7 rings (SSSR count). The minimum atomic E-state index is -0.302. The molecule has 9 nitrogen and oxygen atoms in total. The van der Waals surface area contributed by atoms with E-state index in [1.807, 2.05) is 25.1 Å². The van der Waals surface area contributed by atoms with Crippen molar-refractivity contribution >= 4 is 27.6 Å². The first-order valence-corrected chi connectivity index (χ1v) is 18.0. The van der Waals surface area contributed by atoms with E-state index in [-0.39, 0.29) is 11.8 Å². The van der Waals surface area contributed by atoms with Crippen molar-refractivity contribution in [3.63, 3.8) is 0 Å². The Labute approximate surface area is 292 Å². The first-order valence-electron chi connectivity index (χ1n) is 18.0. The Morgan fingerprint density at radius 2 is 1.78 bits per heavy atom. The van der Waals surface area contributed by atoms with E-state index >= 15 is 0 Å². The van der Waals surface area contributed by atoms with Crippen LogP contribution in [0, 0.1) is 19.7 Å². The van der Waals surface area contributed by atoms with Gasteiger partial charge in [-0.25, -0.2) is 9.18 Å². The molecule has 5 aromatic rings. The molecular weight excluding hydrogens is 635 g/mol. The molecule has 3 aromatic carbocycles. The quantitative estimate of drug-likeness (QED) is 0.114. The van der Waals surface area contributed by atoms with E-state index in [1.165, 1.54) is 12.1 Å². The molecule has 0 bridgehead atoms. The number of hydrogen-bond donors (Lipinski definition) is 0. The second-order valence-corrected chi connectivity index (χ2v) is 13.3. The van der Waals surface area contributed by atoms with Crippen LogP contribution >= 0.6 is 0 Å². The van der Waals surface area contributed by atoms with Crippen LogP contribution in [0.1, 0.15) is 59.2 Å². The molecule has 2 aromatic heterocycles. The summed E-state index contributed by atoms with van der Waals surface area (Å²) in [6.45, 7) is 13.7. The zero-order valence-electron chi connectivity index (χ0n) is 29.4. The number of nitrogens with zero attached hydrogens (tertiary/aromatic N) is 4. The van der Waals surface area contributed by atoms with Gasteiger partial charge >= 0.3 is 5.97 Å². The number of carbonyl (C=O) groups is 1. The molecule has 2 aliphatic rings. The molecule has 0 aliphatic carbocycles. The fourth-order valence-corrected chi connectivity index (χ4v) is 7.58. The van der Waals surface area contributed by atoms with Crippen molar-refractivity contribution in [2.75, 3.05) is 52.7 Å². The van der Waals surface area contributed by atoms with Gasteiger partial charge in [0.25, 0.3) is 0 Å². The molecule has 50 heavy (non-hydrogen) atoms. The monoisotopic (exact) mass is 682 g/mol. The number of rotatable bonds is 10. The minimum Gasteiger partial charge on any atom is -0.493 e. The standard InChI is InChI=1S/C40H47FN4O5/c1-4-49-40(46)39-32(10-8-22-50-35-11-7-9-29-25-30(41)13-15-31(29)35)33-14-12-27(2)36-37-28(3)45(18-17-43-19-23-47-24-20-43)42-34(37)26-48-21-6-5-16-44(39)38(33)36/h7,9,11-15,25H,4-6,8,10,16-24,26H2,1-3H3. The summed E-state index contributed by atoms with van der Waals surface area (Å²) < 4.78 is 42.0. The maximum atomic E-state index is 13.9. The Morgan fingerprint density at radius 3 is 2.62 bits per heavy atom. The van der Waals surface area contributed by atoms with Crippen LogP contribution in [0.15, 0.2) is 48.5 Å². The third-order valence-electron chi connectivity index (χ3n) is 10.1.